The lowest BCUT2D eigenvalue weighted by Gasteiger charge is -2.43. The van der Waals surface area contributed by atoms with E-state index in [9.17, 15) is 18.5 Å². The highest BCUT2D eigenvalue weighted by molar-refractivity contribution is 7.93. The number of aliphatic hydroxyl groups excluding tert-OH is 1. The summed E-state index contributed by atoms with van der Waals surface area (Å²) in [7, 11) is -2.81. The zero-order chi connectivity index (χ0) is 22.9. The lowest BCUT2D eigenvalue weighted by atomic mass is 9.77. The van der Waals surface area contributed by atoms with Crippen molar-refractivity contribution in [1.82, 2.24) is 4.90 Å². The summed E-state index contributed by atoms with van der Waals surface area (Å²) in [6.45, 7) is 0.311. The van der Waals surface area contributed by atoms with Gasteiger partial charge in [-0.2, -0.15) is 4.36 Å². The largest absolute Gasteiger partial charge is 0.511 e. The molecule has 4 aliphatic rings. The lowest BCUT2D eigenvalue weighted by Crippen LogP contribution is -2.53. The number of para-hydroxylation sites is 1. The van der Waals surface area contributed by atoms with E-state index in [1.54, 1.807) is 41.3 Å². The fourth-order valence-electron chi connectivity index (χ4n) is 6.14. The molecule has 6 nitrogen and oxygen atoms in total. The van der Waals surface area contributed by atoms with Gasteiger partial charge in [-0.05, 0) is 60.9 Å². The van der Waals surface area contributed by atoms with Gasteiger partial charge in [0, 0.05) is 24.8 Å². The van der Waals surface area contributed by atoms with E-state index in [4.69, 9.17) is 0 Å². The number of benzene rings is 2. The van der Waals surface area contributed by atoms with Crippen molar-refractivity contribution in [3.63, 3.8) is 0 Å². The number of halogens is 1. The molecule has 0 aromatic heterocycles. The second kappa shape index (κ2) is 7.25. The quantitative estimate of drug-likeness (QED) is 0.720. The van der Waals surface area contributed by atoms with Gasteiger partial charge in [-0.3, -0.25) is 4.79 Å². The fourth-order valence-corrected chi connectivity index (χ4v) is 7.54. The van der Waals surface area contributed by atoms with Gasteiger partial charge in [0.2, 0.25) is 0 Å². The Kier molecular flexibility index (Phi) is 4.52. The number of nitrogens with zero attached hydrogens (tertiary/aromatic N) is 3. The monoisotopic (exact) mass is 465 g/mol. The van der Waals surface area contributed by atoms with Crippen LogP contribution >= 0.6 is 0 Å². The van der Waals surface area contributed by atoms with Crippen LogP contribution in [0.5, 0.6) is 0 Å². The maximum atomic E-state index is 13.8. The third-order valence-electron chi connectivity index (χ3n) is 7.53. The molecule has 2 bridgehead atoms. The third kappa shape index (κ3) is 3.14. The third-order valence-corrected chi connectivity index (χ3v) is 9.21. The Morgan fingerprint density at radius 1 is 1.12 bits per heavy atom. The molecule has 170 valence electrons. The first kappa shape index (κ1) is 20.6. The molecule has 2 heterocycles. The molecule has 8 heteroatoms. The van der Waals surface area contributed by atoms with Gasteiger partial charge < -0.3 is 10.0 Å². The molecular formula is C25H24FN3O3S. The number of rotatable bonds is 3. The number of hydrogen-bond donors (Lipinski definition) is 1. The van der Waals surface area contributed by atoms with Crippen LogP contribution in [0.4, 0.5) is 10.1 Å². The SMILES string of the molecule is CS1(=O)=NC(C2=C(O)[C@@H]3[C@@H]4CC[C@@H](C4)[C@@H]3N(Cc3ccc(F)cc3)C2=O)=Nc2ccccc21. The summed E-state index contributed by atoms with van der Waals surface area (Å²) in [4.78, 5) is 20.7. The van der Waals surface area contributed by atoms with Crippen LogP contribution < -0.4 is 0 Å². The van der Waals surface area contributed by atoms with Crippen molar-refractivity contribution in [1.29, 1.82) is 0 Å². The van der Waals surface area contributed by atoms with Crippen LogP contribution in [0, 0.1) is 23.6 Å². The molecule has 2 saturated carbocycles. The molecule has 1 unspecified atom stereocenters. The average Bonchev–Trinajstić information content (AvgIpc) is 3.40. The minimum atomic E-state index is -2.81. The topological polar surface area (TPSA) is 82.3 Å². The Balaban J connectivity index is 1.48. The molecule has 2 aliphatic carbocycles. The standard InChI is InChI=1S/C25H24FN3O3S/c1-33(32)19-5-3-2-4-18(19)27-24(28-33)21-23(30)20-15-8-9-16(12-15)22(20)29(25(21)31)13-14-6-10-17(26)11-7-14/h2-7,10-11,15-16,20,22,30H,8-9,12-13H2,1H3/t15-,16+,20-,22+,33?/m1/s1. The summed E-state index contributed by atoms with van der Waals surface area (Å²) in [5.74, 6) is -0.177. The summed E-state index contributed by atoms with van der Waals surface area (Å²) >= 11 is 0. The molecule has 1 amide bonds. The van der Waals surface area contributed by atoms with E-state index in [1.165, 1.54) is 18.4 Å². The molecular weight excluding hydrogens is 441 g/mol. The van der Waals surface area contributed by atoms with Crippen LogP contribution in [0.15, 0.2) is 74.1 Å². The van der Waals surface area contributed by atoms with Gasteiger partial charge in [0.1, 0.15) is 17.1 Å². The number of fused-ring (bicyclic) bond motifs is 6. The van der Waals surface area contributed by atoms with Crippen LogP contribution in [0.2, 0.25) is 0 Å². The molecule has 0 spiro atoms. The van der Waals surface area contributed by atoms with Crippen LogP contribution in [0.1, 0.15) is 24.8 Å². The van der Waals surface area contributed by atoms with Gasteiger partial charge >= 0.3 is 0 Å². The number of amidine groups is 1. The van der Waals surface area contributed by atoms with Crippen LogP contribution in [-0.4, -0.2) is 38.3 Å². The number of carbonyl (C=O) groups excluding carboxylic acids is 1. The lowest BCUT2D eigenvalue weighted by molar-refractivity contribution is -0.134. The van der Waals surface area contributed by atoms with Crippen LogP contribution in [-0.2, 0) is 21.1 Å². The Labute approximate surface area is 192 Å². The van der Waals surface area contributed by atoms with E-state index in [2.05, 4.69) is 9.36 Å². The molecule has 2 fully saturated rings. The molecule has 2 aromatic carbocycles. The summed E-state index contributed by atoms with van der Waals surface area (Å²) in [5, 5.41) is 11.4. The number of carbonyl (C=O) groups is 1. The predicted octanol–water partition coefficient (Wildman–Crippen LogP) is 4.60. The van der Waals surface area contributed by atoms with E-state index < -0.39 is 9.73 Å². The van der Waals surface area contributed by atoms with E-state index in [0.29, 0.717) is 29.0 Å². The first-order valence-corrected chi connectivity index (χ1v) is 13.1. The molecule has 2 aliphatic heterocycles. The Morgan fingerprint density at radius 3 is 2.64 bits per heavy atom. The molecule has 6 rings (SSSR count). The summed E-state index contributed by atoms with van der Waals surface area (Å²) in [6, 6.07) is 13.1. The smallest absolute Gasteiger partial charge is 0.261 e. The molecule has 0 saturated heterocycles. The summed E-state index contributed by atoms with van der Waals surface area (Å²) < 4.78 is 31.2. The summed E-state index contributed by atoms with van der Waals surface area (Å²) in [5.41, 5.74) is 1.37. The van der Waals surface area contributed by atoms with Crippen molar-refractivity contribution in [3.8, 4) is 0 Å². The number of aliphatic hydroxyl groups is 1. The van der Waals surface area contributed by atoms with Gasteiger partial charge in [-0.1, -0.05) is 24.3 Å². The number of hydrogen-bond acceptors (Lipinski definition) is 5. The normalized spacial score (nSPS) is 32.4. The average molecular weight is 466 g/mol. The molecule has 33 heavy (non-hydrogen) atoms. The zero-order valence-corrected chi connectivity index (χ0v) is 19.0. The number of amides is 1. The van der Waals surface area contributed by atoms with Crippen molar-refractivity contribution >= 4 is 27.2 Å². The Bertz CT molecular complexity index is 1360. The van der Waals surface area contributed by atoms with E-state index >= 15 is 0 Å². The van der Waals surface area contributed by atoms with Crippen molar-refractivity contribution < 1.29 is 18.5 Å². The first-order valence-electron chi connectivity index (χ1n) is 11.2. The maximum absolute atomic E-state index is 13.8. The van der Waals surface area contributed by atoms with Gasteiger partial charge in [-0.15, -0.1) is 0 Å². The van der Waals surface area contributed by atoms with Gasteiger partial charge in [0.05, 0.1) is 20.3 Å². The molecule has 0 radical (unpaired) electrons. The molecule has 2 aromatic rings. The highest BCUT2D eigenvalue weighted by Crippen LogP contribution is 2.55. The van der Waals surface area contributed by atoms with Gasteiger partial charge in [-0.25, -0.2) is 13.6 Å². The minimum absolute atomic E-state index is 0.0321. The zero-order valence-electron chi connectivity index (χ0n) is 18.1. The Hall–Kier alpha value is -3.00. The first-order chi connectivity index (χ1) is 15.8. The van der Waals surface area contributed by atoms with Crippen LogP contribution in [0.3, 0.4) is 0 Å². The maximum Gasteiger partial charge on any atom is 0.261 e. The van der Waals surface area contributed by atoms with E-state index in [1.807, 2.05) is 0 Å². The van der Waals surface area contributed by atoms with Crippen molar-refractivity contribution in [2.24, 2.45) is 27.1 Å². The van der Waals surface area contributed by atoms with Gasteiger partial charge in [0.25, 0.3) is 5.91 Å². The second-order valence-corrected chi connectivity index (χ2v) is 11.7. The van der Waals surface area contributed by atoms with Crippen molar-refractivity contribution in [3.05, 3.63) is 71.2 Å². The highest BCUT2D eigenvalue weighted by atomic mass is 32.2. The Morgan fingerprint density at radius 2 is 1.85 bits per heavy atom. The minimum Gasteiger partial charge on any atom is -0.511 e. The summed E-state index contributed by atoms with van der Waals surface area (Å²) in [6.07, 6.45) is 4.54. The molecule has 1 N–H and O–H groups in total. The predicted molar refractivity (Wildman–Crippen MR) is 123 cm³/mol. The van der Waals surface area contributed by atoms with Crippen molar-refractivity contribution in [2.75, 3.05) is 6.26 Å². The van der Waals surface area contributed by atoms with E-state index in [-0.39, 0.29) is 40.9 Å². The number of aliphatic imine (C=N–C) groups is 1. The highest BCUT2D eigenvalue weighted by Gasteiger charge is 2.57. The molecule has 5 atom stereocenters. The fraction of sp³-hybridized carbons (Fsp3) is 0.360. The van der Waals surface area contributed by atoms with Crippen molar-refractivity contribution in [2.45, 2.75) is 36.7 Å². The van der Waals surface area contributed by atoms with Crippen LogP contribution in [0.25, 0.3) is 0 Å². The second-order valence-electron chi connectivity index (χ2n) is 9.47. The van der Waals surface area contributed by atoms with Gasteiger partial charge in [0.15, 0.2) is 5.84 Å². The van der Waals surface area contributed by atoms with E-state index in [0.717, 1.165) is 24.8 Å².